The molecule has 0 radical (unpaired) electrons. The van der Waals surface area contributed by atoms with Gasteiger partial charge in [0.2, 0.25) is 0 Å². The molecule has 0 aliphatic heterocycles. The first kappa shape index (κ1) is 14.8. The zero-order valence-electron chi connectivity index (χ0n) is 12.5. The summed E-state index contributed by atoms with van der Waals surface area (Å²) in [5, 5.41) is 2.57. The maximum Gasteiger partial charge on any atom is 0.336 e. The number of hydrogen-bond acceptors (Lipinski definition) is 5. The van der Waals surface area contributed by atoms with Crippen LogP contribution in [0.3, 0.4) is 0 Å². The van der Waals surface area contributed by atoms with Gasteiger partial charge < -0.3 is 13.9 Å². The summed E-state index contributed by atoms with van der Waals surface area (Å²) >= 11 is 0. The molecule has 0 aliphatic rings. The fourth-order valence-electron chi connectivity index (χ4n) is 2.40. The van der Waals surface area contributed by atoms with Gasteiger partial charge in [0.15, 0.2) is 0 Å². The Morgan fingerprint density at radius 2 is 2.04 bits per heavy atom. The van der Waals surface area contributed by atoms with Crippen LogP contribution in [0.25, 0.3) is 21.7 Å². The molecule has 0 aliphatic carbocycles. The fraction of sp³-hybridized carbons (Fsp3) is 0.111. The van der Waals surface area contributed by atoms with Crippen LogP contribution in [0, 0.1) is 0 Å². The van der Waals surface area contributed by atoms with Crippen molar-refractivity contribution in [3.05, 3.63) is 65.0 Å². The van der Waals surface area contributed by atoms with E-state index in [1.165, 1.54) is 6.07 Å². The molecule has 5 heteroatoms. The third-order valence-electron chi connectivity index (χ3n) is 3.53. The molecule has 0 saturated carbocycles. The Balaban J connectivity index is 2.16. The Morgan fingerprint density at radius 3 is 2.78 bits per heavy atom. The Bertz CT molecular complexity index is 968. The van der Waals surface area contributed by atoms with Crippen molar-refractivity contribution >= 4 is 27.7 Å². The maximum atomic E-state index is 11.7. The van der Waals surface area contributed by atoms with Gasteiger partial charge in [-0.1, -0.05) is 12.6 Å². The van der Waals surface area contributed by atoms with Crippen molar-refractivity contribution in [2.24, 2.45) is 0 Å². The lowest BCUT2D eigenvalue weighted by molar-refractivity contribution is -0.138. The number of methoxy groups -OCH3 is 1. The van der Waals surface area contributed by atoms with Crippen molar-refractivity contribution in [1.82, 2.24) is 0 Å². The predicted molar refractivity (Wildman–Crippen MR) is 86.5 cm³/mol. The first-order chi connectivity index (χ1) is 11.1. The molecule has 1 heterocycles. The summed E-state index contributed by atoms with van der Waals surface area (Å²) in [4.78, 5) is 23.0. The summed E-state index contributed by atoms with van der Waals surface area (Å²) in [7, 11) is 1.59. The van der Waals surface area contributed by atoms with Gasteiger partial charge in [-0.25, -0.2) is 9.59 Å². The fourth-order valence-corrected chi connectivity index (χ4v) is 2.40. The second kappa shape index (κ2) is 5.96. The van der Waals surface area contributed by atoms with Crippen molar-refractivity contribution < 1.29 is 18.7 Å². The van der Waals surface area contributed by atoms with Crippen molar-refractivity contribution in [3.8, 4) is 5.75 Å². The smallest absolute Gasteiger partial charge is 0.336 e. The van der Waals surface area contributed by atoms with Crippen LogP contribution >= 0.6 is 0 Å². The summed E-state index contributed by atoms with van der Waals surface area (Å²) in [5.41, 5.74) is 0.525. The average molecular weight is 310 g/mol. The highest BCUT2D eigenvalue weighted by Crippen LogP contribution is 2.27. The molecule has 23 heavy (non-hydrogen) atoms. The number of fused-ring (bicyclic) bond motifs is 2. The second-order valence-corrected chi connectivity index (χ2v) is 4.96. The van der Waals surface area contributed by atoms with Gasteiger partial charge in [0.25, 0.3) is 0 Å². The number of ether oxygens (including phenoxy) is 2. The molecule has 5 nitrogen and oxygen atoms in total. The van der Waals surface area contributed by atoms with E-state index < -0.39 is 11.6 Å². The highest BCUT2D eigenvalue weighted by Gasteiger charge is 2.09. The Kier molecular flexibility index (Phi) is 3.85. The molecule has 3 rings (SSSR count). The first-order valence-corrected chi connectivity index (χ1v) is 6.94. The molecule has 116 valence electrons. The Morgan fingerprint density at radius 1 is 1.22 bits per heavy atom. The average Bonchev–Trinajstić information content (AvgIpc) is 2.57. The zero-order valence-corrected chi connectivity index (χ0v) is 12.5. The molecular weight excluding hydrogens is 296 g/mol. The molecule has 3 aromatic rings. The van der Waals surface area contributed by atoms with Crippen LogP contribution in [-0.4, -0.2) is 13.1 Å². The zero-order chi connectivity index (χ0) is 16.4. The third kappa shape index (κ3) is 2.94. The van der Waals surface area contributed by atoms with Gasteiger partial charge in [0.05, 0.1) is 7.11 Å². The summed E-state index contributed by atoms with van der Waals surface area (Å²) in [6.45, 7) is 3.32. The van der Waals surface area contributed by atoms with E-state index >= 15 is 0 Å². The van der Waals surface area contributed by atoms with Gasteiger partial charge in [-0.15, -0.1) is 0 Å². The van der Waals surface area contributed by atoms with E-state index in [4.69, 9.17) is 13.9 Å². The highest BCUT2D eigenvalue weighted by atomic mass is 16.5. The standard InChI is InChI=1S/C18H14O5/c1-3-17(19)22-10-13-9-18(20)23-16-8-12-6-14(21-2)5-4-11(12)7-15(13)16/h3-9H,1,10H2,2H3. The molecule has 1 aromatic heterocycles. The summed E-state index contributed by atoms with van der Waals surface area (Å²) < 4.78 is 15.5. The Labute approximate surface area is 131 Å². The minimum absolute atomic E-state index is 0.0192. The molecule has 0 unspecified atom stereocenters. The van der Waals surface area contributed by atoms with Crippen LogP contribution in [0.1, 0.15) is 5.56 Å². The van der Waals surface area contributed by atoms with Gasteiger partial charge >= 0.3 is 11.6 Å². The lowest BCUT2D eigenvalue weighted by Crippen LogP contribution is -2.05. The largest absolute Gasteiger partial charge is 0.497 e. The molecule has 0 bridgehead atoms. The van der Waals surface area contributed by atoms with Crippen LogP contribution < -0.4 is 10.4 Å². The van der Waals surface area contributed by atoms with Gasteiger partial charge in [-0.3, -0.25) is 0 Å². The third-order valence-corrected chi connectivity index (χ3v) is 3.53. The van der Waals surface area contributed by atoms with Crippen molar-refractivity contribution in [2.75, 3.05) is 7.11 Å². The monoisotopic (exact) mass is 310 g/mol. The van der Waals surface area contributed by atoms with E-state index in [2.05, 4.69) is 6.58 Å². The van der Waals surface area contributed by atoms with Crippen LogP contribution in [0.2, 0.25) is 0 Å². The van der Waals surface area contributed by atoms with Crippen LogP contribution in [-0.2, 0) is 16.1 Å². The topological polar surface area (TPSA) is 65.7 Å². The van der Waals surface area contributed by atoms with E-state index in [9.17, 15) is 9.59 Å². The van der Waals surface area contributed by atoms with Crippen LogP contribution in [0.5, 0.6) is 5.75 Å². The SMILES string of the molecule is C=CC(=O)OCc1cc(=O)oc2cc3cc(OC)ccc3cc12. The van der Waals surface area contributed by atoms with E-state index in [-0.39, 0.29) is 6.61 Å². The summed E-state index contributed by atoms with van der Waals surface area (Å²) in [6, 6.07) is 10.6. The van der Waals surface area contributed by atoms with Gasteiger partial charge in [-0.2, -0.15) is 0 Å². The Hall–Kier alpha value is -3.08. The quantitative estimate of drug-likeness (QED) is 0.320. The molecule has 0 N–H and O–H groups in total. The summed E-state index contributed by atoms with van der Waals surface area (Å²) in [5.74, 6) is 0.173. The van der Waals surface area contributed by atoms with Crippen molar-refractivity contribution in [2.45, 2.75) is 6.61 Å². The van der Waals surface area contributed by atoms with Crippen LogP contribution in [0.15, 0.2) is 58.3 Å². The molecule has 0 fully saturated rings. The predicted octanol–water partition coefficient (Wildman–Crippen LogP) is 3.18. The molecule has 0 amide bonds. The first-order valence-electron chi connectivity index (χ1n) is 6.94. The van der Waals surface area contributed by atoms with E-state index in [1.54, 1.807) is 13.2 Å². The maximum absolute atomic E-state index is 11.7. The summed E-state index contributed by atoms with van der Waals surface area (Å²) in [6.07, 6.45) is 1.08. The second-order valence-electron chi connectivity index (χ2n) is 4.96. The molecule has 0 atom stereocenters. The van der Waals surface area contributed by atoms with Crippen molar-refractivity contribution in [3.63, 3.8) is 0 Å². The number of hydrogen-bond donors (Lipinski definition) is 0. The molecule has 0 saturated heterocycles. The van der Waals surface area contributed by atoms with E-state index in [0.29, 0.717) is 11.1 Å². The van der Waals surface area contributed by atoms with Gasteiger partial charge in [0, 0.05) is 23.1 Å². The molecule has 2 aromatic carbocycles. The lowest BCUT2D eigenvalue weighted by atomic mass is 10.0. The number of carbonyl (C=O) groups is 1. The highest BCUT2D eigenvalue weighted by molar-refractivity contribution is 5.97. The van der Waals surface area contributed by atoms with Crippen LogP contribution in [0.4, 0.5) is 0 Å². The normalized spacial score (nSPS) is 10.7. The lowest BCUT2D eigenvalue weighted by Gasteiger charge is -2.08. The molecule has 0 spiro atoms. The number of esters is 1. The number of benzene rings is 2. The van der Waals surface area contributed by atoms with E-state index in [1.807, 2.05) is 24.3 Å². The van der Waals surface area contributed by atoms with Crippen molar-refractivity contribution in [1.29, 1.82) is 0 Å². The van der Waals surface area contributed by atoms with Gasteiger partial charge in [-0.05, 0) is 35.0 Å². The number of carbonyl (C=O) groups excluding carboxylic acids is 1. The van der Waals surface area contributed by atoms with E-state index in [0.717, 1.165) is 28.0 Å². The number of rotatable bonds is 4. The minimum Gasteiger partial charge on any atom is -0.497 e. The van der Waals surface area contributed by atoms with Gasteiger partial charge in [0.1, 0.15) is 17.9 Å². The minimum atomic E-state index is -0.545. The molecular formula is C18H14O5.